The number of fused-ring (bicyclic) bond motifs is 3. The Morgan fingerprint density at radius 3 is 1.55 bits per heavy atom. The van der Waals surface area contributed by atoms with Crippen LogP contribution in [0.1, 0.15) is 40.2 Å². The number of rotatable bonds is 11. The molecule has 0 N–H and O–H groups in total. The average molecular weight is 599 g/mol. The lowest BCUT2D eigenvalue weighted by Crippen LogP contribution is -2.30. The molecular formula is C39H34O4S. The number of hydrogen-bond acceptors (Lipinski definition) is 5. The predicted molar refractivity (Wildman–Crippen MR) is 176 cm³/mol. The van der Waals surface area contributed by atoms with Crippen molar-refractivity contribution >= 4 is 23.7 Å². The van der Waals surface area contributed by atoms with Crippen molar-refractivity contribution < 1.29 is 19.1 Å². The number of esters is 2. The van der Waals surface area contributed by atoms with E-state index in [4.69, 9.17) is 9.47 Å². The van der Waals surface area contributed by atoms with E-state index in [0.717, 1.165) is 27.8 Å². The van der Waals surface area contributed by atoms with E-state index in [1.165, 1.54) is 18.2 Å². The summed E-state index contributed by atoms with van der Waals surface area (Å²) in [5.74, 6) is -1.20. The third-order valence-electron chi connectivity index (χ3n) is 8.36. The van der Waals surface area contributed by atoms with Crippen LogP contribution in [-0.4, -0.2) is 31.4 Å². The Hall–Kier alpha value is -4.61. The van der Waals surface area contributed by atoms with Crippen LogP contribution in [0.5, 0.6) is 0 Å². The molecule has 5 aromatic rings. The quantitative estimate of drug-likeness (QED) is 0.113. The van der Waals surface area contributed by atoms with Gasteiger partial charge in [-0.05, 0) is 38.9 Å². The van der Waals surface area contributed by atoms with Gasteiger partial charge in [0, 0.05) is 11.7 Å². The molecule has 4 nitrogen and oxygen atoms in total. The minimum absolute atomic E-state index is 0.0424. The van der Waals surface area contributed by atoms with Crippen molar-refractivity contribution in [2.45, 2.75) is 17.1 Å². The largest absolute Gasteiger partial charge is 0.469 e. The second kappa shape index (κ2) is 13.4. The molecule has 44 heavy (non-hydrogen) atoms. The molecule has 1 atom stereocenters. The molecule has 0 unspecified atom stereocenters. The molecule has 6 rings (SSSR count). The van der Waals surface area contributed by atoms with Gasteiger partial charge in [-0.15, -0.1) is 11.8 Å². The number of hydrogen-bond donors (Lipinski definition) is 0. The van der Waals surface area contributed by atoms with Crippen LogP contribution in [0, 0.1) is 5.92 Å². The van der Waals surface area contributed by atoms with E-state index >= 15 is 0 Å². The number of benzene rings is 5. The van der Waals surface area contributed by atoms with Gasteiger partial charge in [0.1, 0.15) is 6.61 Å². The zero-order valence-electron chi connectivity index (χ0n) is 24.6. The van der Waals surface area contributed by atoms with Gasteiger partial charge in [0.2, 0.25) is 0 Å². The maximum absolute atomic E-state index is 13.3. The Morgan fingerprint density at radius 1 is 0.659 bits per heavy atom. The minimum Gasteiger partial charge on any atom is -0.469 e. The van der Waals surface area contributed by atoms with Crippen LogP contribution in [0.15, 0.2) is 140 Å². The lowest BCUT2D eigenvalue weighted by Gasteiger charge is -2.36. The van der Waals surface area contributed by atoms with Crippen LogP contribution in [-0.2, 0) is 23.8 Å². The van der Waals surface area contributed by atoms with Gasteiger partial charge in [0.25, 0.3) is 0 Å². The normalized spacial score (nSPS) is 13.0. The second-order valence-corrected chi connectivity index (χ2v) is 12.2. The molecular weight excluding hydrogens is 564 g/mol. The van der Waals surface area contributed by atoms with E-state index in [0.29, 0.717) is 5.75 Å². The lowest BCUT2D eigenvalue weighted by atomic mass is 9.84. The first-order valence-electron chi connectivity index (χ1n) is 14.8. The van der Waals surface area contributed by atoms with Crippen molar-refractivity contribution in [3.8, 4) is 11.1 Å². The van der Waals surface area contributed by atoms with Gasteiger partial charge >= 0.3 is 11.9 Å². The first kappa shape index (κ1) is 29.5. The van der Waals surface area contributed by atoms with Crippen molar-refractivity contribution in [2.24, 2.45) is 5.92 Å². The van der Waals surface area contributed by atoms with Gasteiger partial charge in [-0.1, -0.05) is 140 Å². The van der Waals surface area contributed by atoms with E-state index in [1.807, 2.05) is 78.9 Å². The smallest absolute Gasteiger partial charge is 0.310 e. The molecule has 0 aromatic heterocycles. The fraction of sp³-hybridized carbons (Fsp3) is 0.179. The number of methoxy groups -OCH3 is 1. The van der Waals surface area contributed by atoms with Gasteiger partial charge in [-0.2, -0.15) is 0 Å². The molecule has 5 aromatic carbocycles. The van der Waals surface area contributed by atoms with Crippen molar-refractivity contribution in [1.82, 2.24) is 0 Å². The lowest BCUT2D eigenvalue weighted by molar-refractivity contribution is -0.152. The summed E-state index contributed by atoms with van der Waals surface area (Å²) in [6.07, 6.45) is -0.0653. The molecule has 0 spiro atoms. The third-order valence-corrected chi connectivity index (χ3v) is 10.1. The molecule has 0 saturated heterocycles. The summed E-state index contributed by atoms with van der Waals surface area (Å²) in [4.78, 5) is 26.5. The number of carbonyl (C=O) groups is 2. The van der Waals surface area contributed by atoms with Gasteiger partial charge in [0.05, 0.1) is 24.2 Å². The molecule has 1 aliphatic carbocycles. The van der Waals surface area contributed by atoms with Crippen LogP contribution >= 0.6 is 11.8 Å². The van der Waals surface area contributed by atoms with Crippen LogP contribution < -0.4 is 0 Å². The van der Waals surface area contributed by atoms with Gasteiger partial charge < -0.3 is 9.47 Å². The monoisotopic (exact) mass is 598 g/mol. The minimum atomic E-state index is -0.684. The van der Waals surface area contributed by atoms with Crippen molar-refractivity contribution in [2.75, 3.05) is 19.5 Å². The Morgan fingerprint density at radius 2 is 1.09 bits per heavy atom. The van der Waals surface area contributed by atoms with Crippen LogP contribution in [0.2, 0.25) is 0 Å². The molecule has 220 valence electrons. The number of ether oxygens (including phenoxy) is 2. The molecule has 0 saturated carbocycles. The average Bonchev–Trinajstić information content (AvgIpc) is 3.41. The zero-order valence-corrected chi connectivity index (χ0v) is 25.4. The fourth-order valence-electron chi connectivity index (χ4n) is 6.25. The third kappa shape index (κ3) is 5.80. The molecule has 0 bridgehead atoms. The van der Waals surface area contributed by atoms with E-state index in [2.05, 4.69) is 60.7 Å². The van der Waals surface area contributed by atoms with Crippen LogP contribution in [0.25, 0.3) is 11.1 Å². The Bertz CT molecular complexity index is 1580. The topological polar surface area (TPSA) is 52.6 Å². The SMILES string of the molecule is COC(=O)[C@H](CSC(c1ccccc1)(c1ccccc1)c1ccccc1)CC(=O)OCC1c2ccccc2-c2ccccc21. The fourth-order valence-corrected chi connectivity index (χ4v) is 7.86. The van der Waals surface area contributed by atoms with Gasteiger partial charge in [-0.3, -0.25) is 9.59 Å². The van der Waals surface area contributed by atoms with Crippen LogP contribution in [0.4, 0.5) is 0 Å². The molecule has 5 heteroatoms. The van der Waals surface area contributed by atoms with Gasteiger partial charge in [0.15, 0.2) is 0 Å². The van der Waals surface area contributed by atoms with Gasteiger partial charge in [-0.25, -0.2) is 0 Å². The molecule has 0 aliphatic heterocycles. The first-order chi connectivity index (χ1) is 21.6. The number of carbonyl (C=O) groups excluding carboxylic acids is 2. The highest BCUT2D eigenvalue weighted by Crippen LogP contribution is 2.49. The summed E-state index contributed by atoms with van der Waals surface area (Å²) in [7, 11) is 1.37. The van der Waals surface area contributed by atoms with E-state index < -0.39 is 22.6 Å². The van der Waals surface area contributed by atoms with E-state index in [1.54, 1.807) is 11.8 Å². The highest BCUT2D eigenvalue weighted by Gasteiger charge is 2.39. The molecule has 0 amide bonds. The highest BCUT2D eigenvalue weighted by molar-refractivity contribution is 8.00. The Labute approximate surface area is 263 Å². The molecule has 0 radical (unpaired) electrons. The standard InChI is InChI=1S/C39H34O4S/c1-42-38(41)28(25-37(40)43-26-36-34-23-13-11-21-32(34)33-22-12-14-24-35(33)36)27-44-39(29-15-5-2-6-16-29,30-17-7-3-8-18-30)31-19-9-4-10-20-31/h2-24,28,36H,25-27H2,1H3/t28-/m0/s1. The molecule has 1 aliphatic rings. The van der Waals surface area contributed by atoms with Crippen molar-refractivity contribution in [1.29, 1.82) is 0 Å². The van der Waals surface area contributed by atoms with E-state index in [9.17, 15) is 9.59 Å². The predicted octanol–water partition coefficient (Wildman–Crippen LogP) is 8.25. The summed E-state index contributed by atoms with van der Waals surface area (Å²) in [6.45, 7) is 0.218. The summed E-state index contributed by atoms with van der Waals surface area (Å²) in [6, 6.07) is 47.4. The summed E-state index contributed by atoms with van der Waals surface area (Å²) in [5.41, 5.74) is 7.92. The molecule has 0 fully saturated rings. The summed E-state index contributed by atoms with van der Waals surface area (Å²) in [5, 5.41) is 0. The first-order valence-corrected chi connectivity index (χ1v) is 15.8. The van der Waals surface area contributed by atoms with Crippen LogP contribution in [0.3, 0.4) is 0 Å². The number of thioether (sulfide) groups is 1. The second-order valence-electron chi connectivity index (χ2n) is 10.9. The maximum Gasteiger partial charge on any atom is 0.310 e. The van der Waals surface area contributed by atoms with E-state index in [-0.39, 0.29) is 18.9 Å². The Balaban J connectivity index is 1.25. The molecule has 0 heterocycles. The Kier molecular flexibility index (Phi) is 8.94. The van der Waals surface area contributed by atoms with Crippen molar-refractivity contribution in [3.05, 3.63) is 167 Å². The summed E-state index contributed by atoms with van der Waals surface area (Å²) >= 11 is 1.64. The zero-order chi connectivity index (χ0) is 30.4. The maximum atomic E-state index is 13.3. The highest BCUT2D eigenvalue weighted by atomic mass is 32.2. The summed E-state index contributed by atoms with van der Waals surface area (Å²) < 4.78 is 10.5. The van der Waals surface area contributed by atoms with Crippen molar-refractivity contribution in [3.63, 3.8) is 0 Å².